The van der Waals surface area contributed by atoms with Crippen LogP contribution in [-0.2, 0) is 24.0 Å². The summed E-state index contributed by atoms with van der Waals surface area (Å²) in [6.45, 7) is 2.04. The van der Waals surface area contributed by atoms with Crippen LogP contribution < -0.4 is 11.1 Å². The Labute approximate surface area is 180 Å². The molecule has 0 spiro atoms. The number of hydrogen-bond acceptors (Lipinski definition) is 7. The number of carbonyl (C=O) groups is 5. The van der Waals surface area contributed by atoms with Crippen molar-refractivity contribution in [1.82, 2.24) is 5.32 Å². The summed E-state index contributed by atoms with van der Waals surface area (Å²) in [5.41, 5.74) is 5.35. The zero-order valence-corrected chi connectivity index (χ0v) is 18.0. The van der Waals surface area contributed by atoms with E-state index < -0.39 is 41.7 Å². The molecule has 0 aliphatic carbocycles. The number of carboxylic acids is 3. The summed E-state index contributed by atoms with van der Waals surface area (Å²) in [5.74, 6) is -5.47. The lowest BCUT2D eigenvalue weighted by atomic mass is 10.00. The highest BCUT2D eigenvalue weighted by atomic mass is 32.2. The Kier molecular flexibility index (Phi) is 14.5. The molecule has 1 amide bonds. The standard InChI is InChI=1S/C19H32N2O8S/c1-2-3-4-5-6-16(23)21-15(19(28)29)8-7-13(22)9-12(17(24)25)10-30-11-14(20)18(26)27/h12,14-15H,2-11,20H2,1H3,(H,21,23)(H,24,25)(H,26,27)(H,28,29)/t12-,14+,15-/m1/s1. The second-order valence-electron chi connectivity index (χ2n) is 7.07. The van der Waals surface area contributed by atoms with Gasteiger partial charge in [0.1, 0.15) is 17.9 Å². The van der Waals surface area contributed by atoms with Crippen LogP contribution in [0.1, 0.15) is 58.3 Å². The summed E-state index contributed by atoms with van der Waals surface area (Å²) in [5, 5.41) is 29.6. The molecule has 0 aromatic rings. The van der Waals surface area contributed by atoms with Crippen molar-refractivity contribution in [3.05, 3.63) is 0 Å². The van der Waals surface area contributed by atoms with E-state index >= 15 is 0 Å². The van der Waals surface area contributed by atoms with Gasteiger partial charge in [-0.05, 0) is 12.8 Å². The van der Waals surface area contributed by atoms with E-state index in [4.69, 9.17) is 10.8 Å². The van der Waals surface area contributed by atoms with E-state index in [1.54, 1.807) is 0 Å². The first kappa shape index (κ1) is 27.9. The van der Waals surface area contributed by atoms with Crippen LogP contribution in [0.5, 0.6) is 0 Å². The van der Waals surface area contributed by atoms with Gasteiger partial charge in [-0.2, -0.15) is 11.8 Å². The smallest absolute Gasteiger partial charge is 0.326 e. The van der Waals surface area contributed by atoms with Gasteiger partial charge in [-0.3, -0.25) is 19.2 Å². The van der Waals surface area contributed by atoms with Crippen LogP contribution in [0.2, 0.25) is 0 Å². The van der Waals surface area contributed by atoms with Crippen molar-refractivity contribution in [3.63, 3.8) is 0 Å². The van der Waals surface area contributed by atoms with Crippen molar-refractivity contribution in [2.75, 3.05) is 11.5 Å². The third-order valence-corrected chi connectivity index (χ3v) is 5.59. The first-order chi connectivity index (χ1) is 14.1. The minimum atomic E-state index is -1.25. The molecule has 172 valence electrons. The number of carbonyl (C=O) groups excluding carboxylic acids is 2. The molecule has 6 N–H and O–H groups in total. The molecule has 0 radical (unpaired) electrons. The third-order valence-electron chi connectivity index (χ3n) is 4.36. The summed E-state index contributed by atoms with van der Waals surface area (Å²) >= 11 is 1.03. The molecule has 3 atom stereocenters. The van der Waals surface area contributed by atoms with Crippen molar-refractivity contribution in [3.8, 4) is 0 Å². The fourth-order valence-electron chi connectivity index (χ4n) is 2.54. The number of nitrogens with one attached hydrogen (secondary N) is 1. The van der Waals surface area contributed by atoms with Crippen molar-refractivity contribution in [2.45, 2.75) is 70.4 Å². The van der Waals surface area contributed by atoms with Crippen LogP contribution in [0.25, 0.3) is 0 Å². The number of ketones is 1. The van der Waals surface area contributed by atoms with Crippen LogP contribution in [-0.4, -0.2) is 68.5 Å². The predicted octanol–water partition coefficient (Wildman–Crippen LogP) is 1.11. The lowest BCUT2D eigenvalue weighted by Gasteiger charge is -2.15. The summed E-state index contributed by atoms with van der Waals surface area (Å²) in [6, 6.07) is -2.33. The Bertz CT molecular complexity index is 599. The number of thioether (sulfide) groups is 1. The molecule has 0 fully saturated rings. The SMILES string of the molecule is CCCCCCC(=O)N[C@H](CCC(=O)C[C@H](CSC[C@H](N)C(=O)O)C(=O)O)C(=O)O. The van der Waals surface area contributed by atoms with E-state index in [1.165, 1.54) is 0 Å². The first-order valence-electron chi connectivity index (χ1n) is 9.91. The van der Waals surface area contributed by atoms with Gasteiger partial charge in [0, 0.05) is 30.8 Å². The highest BCUT2D eigenvalue weighted by Gasteiger charge is 2.25. The molecule has 10 nitrogen and oxygen atoms in total. The van der Waals surface area contributed by atoms with Gasteiger partial charge in [-0.15, -0.1) is 0 Å². The van der Waals surface area contributed by atoms with Crippen molar-refractivity contribution in [1.29, 1.82) is 0 Å². The van der Waals surface area contributed by atoms with Crippen LogP contribution in [0.4, 0.5) is 0 Å². The Morgan fingerprint density at radius 1 is 0.900 bits per heavy atom. The molecule has 0 aliphatic heterocycles. The van der Waals surface area contributed by atoms with Gasteiger partial charge in [-0.1, -0.05) is 26.2 Å². The average Bonchev–Trinajstić information content (AvgIpc) is 2.66. The Morgan fingerprint density at radius 2 is 1.57 bits per heavy atom. The molecule has 11 heteroatoms. The molecule has 0 aliphatic rings. The molecule has 0 unspecified atom stereocenters. The van der Waals surface area contributed by atoms with Gasteiger partial charge in [0.25, 0.3) is 0 Å². The summed E-state index contributed by atoms with van der Waals surface area (Å²) < 4.78 is 0. The van der Waals surface area contributed by atoms with E-state index in [0.29, 0.717) is 6.42 Å². The average molecular weight is 449 g/mol. The van der Waals surface area contributed by atoms with Crippen LogP contribution in [0.15, 0.2) is 0 Å². The molecule has 0 bridgehead atoms. The fraction of sp³-hybridized carbons (Fsp3) is 0.737. The number of amides is 1. The highest BCUT2D eigenvalue weighted by Crippen LogP contribution is 2.16. The second kappa shape index (κ2) is 15.7. The predicted molar refractivity (Wildman–Crippen MR) is 111 cm³/mol. The zero-order valence-electron chi connectivity index (χ0n) is 17.2. The van der Waals surface area contributed by atoms with E-state index in [9.17, 15) is 34.2 Å². The third kappa shape index (κ3) is 13.2. The van der Waals surface area contributed by atoms with Crippen LogP contribution in [0, 0.1) is 5.92 Å². The lowest BCUT2D eigenvalue weighted by Crippen LogP contribution is -2.41. The summed E-state index contributed by atoms with van der Waals surface area (Å²) in [4.78, 5) is 57.3. The molecular weight excluding hydrogens is 416 g/mol. The molecule has 0 saturated heterocycles. The van der Waals surface area contributed by atoms with Gasteiger partial charge in [0.15, 0.2) is 0 Å². The molecule has 0 rings (SSSR count). The van der Waals surface area contributed by atoms with E-state index in [0.717, 1.165) is 31.0 Å². The quantitative estimate of drug-likeness (QED) is 0.190. The summed E-state index contributed by atoms with van der Waals surface area (Å²) in [7, 11) is 0. The molecule has 0 aromatic heterocycles. The summed E-state index contributed by atoms with van der Waals surface area (Å²) in [6.07, 6.45) is 3.16. The van der Waals surface area contributed by atoms with Crippen molar-refractivity contribution < 1.29 is 39.3 Å². The van der Waals surface area contributed by atoms with Gasteiger partial charge < -0.3 is 26.4 Å². The van der Waals surface area contributed by atoms with Crippen molar-refractivity contribution in [2.24, 2.45) is 11.7 Å². The topological polar surface area (TPSA) is 184 Å². The molecule has 30 heavy (non-hydrogen) atoms. The van der Waals surface area contributed by atoms with Gasteiger partial charge in [0.05, 0.1) is 5.92 Å². The minimum absolute atomic E-state index is 0.0126. The lowest BCUT2D eigenvalue weighted by molar-refractivity contribution is -0.143. The van der Waals surface area contributed by atoms with Gasteiger partial charge >= 0.3 is 17.9 Å². The number of Topliss-reactive ketones (excluding diaryl/α,β-unsaturated/α-hetero) is 1. The van der Waals surface area contributed by atoms with E-state index in [1.807, 2.05) is 6.92 Å². The zero-order chi connectivity index (χ0) is 23.1. The first-order valence-corrected chi connectivity index (χ1v) is 11.1. The highest BCUT2D eigenvalue weighted by molar-refractivity contribution is 7.99. The maximum absolute atomic E-state index is 12.1. The Morgan fingerprint density at radius 3 is 2.10 bits per heavy atom. The largest absolute Gasteiger partial charge is 0.481 e. The number of aliphatic carboxylic acids is 3. The maximum atomic E-state index is 12.1. The van der Waals surface area contributed by atoms with Gasteiger partial charge in [0.2, 0.25) is 5.91 Å². The molecule has 0 aromatic carbocycles. The Balaban J connectivity index is 4.47. The normalized spacial score (nSPS) is 13.8. The number of unbranched alkanes of at least 4 members (excludes halogenated alkanes) is 3. The van der Waals surface area contributed by atoms with Crippen molar-refractivity contribution >= 4 is 41.4 Å². The Hall–Kier alpha value is -2.14. The fourth-order valence-corrected chi connectivity index (χ4v) is 3.62. The number of hydrogen-bond donors (Lipinski definition) is 5. The molecule has 0 saturated carbocycles. The number of rotatable bonds is 18. The van der Waals surface area contributed by atoms with E-state index in [2.05, 4.69) is 5.32 Å². The van der Waals surface area contributed by atoms with E-state index in [-0.39, 0.29) is 43.1 Å². The van der Waals surface area contributed by atoms with Crippen LogP contribution >= 0.6 is 11.8 Å². The maximum Gasteiger partial charge on any atom is 0.326 e. The molecule has 0 heterocycles. The van der Waals surface area contributed by atoms with Crippen LogP contribution in [0.3, 0.4) is 0 Å². The number of carboxylic acid groups (broad SMARTS) is 3. The monoisotopic (exact) mass is 448 g/mol. The number of nitrogens with two attached hydrogens (primary N) is 1. The molecular formula is C19H32N2O8S. The van der Waals surface area contributed by atoms with Gasteiger partial charge in [-0.25, -0.2) is 4.79 Å². The second-order valence-corrected chi connectivity index (χ2v) is 8.14. The minimum Gasteiger partial charge on any atom is -0.481 e.